The SMILES string of the molecule is CC(C)C1(CCCS(C)(=O)=O)CCCCCN1. The maximum Gasteiger partial charge on any atom is 0.147 e. The first-order chi connectivity index (χ1) is 7.86. The zero-order chi connectivity index (χ0) is 12.9. The molecule has 1 atom stereocenters. The van der Waals surface area contributed by atoms with Crippen LogP contribution in [0.15, 0.2) is 0 Å². The van der Waals surface area contributed by atoms with Gasteiger partial charge in [0, 0.05) is 17.5 Å². The van der Waals surface area contributed by atoms with Gasteiger partial charge in [-0.05, 0) is 38.1 Å². The smallest absolute Gasteiger partial charge is 0.147 e. The van der Waals surface area contributed by atoms with E-state index in [0.717, 1.165) is 19.4 Å². The van der Waals surface area contributed by atoms with Crippen LogP contribution in [0.1, 0.15) is 52.4 Å². The van der Waals surface area contributed by atoms with E-state index in [0.29, 0.717) is 11.7 Å². The third-order valence-electron chi connectivity index (χ3n) is 4.02. The van der Waals surface area contributed by atoms with Crippen molar-refractivity contribution in [2.45, 2.75) is 57.9 Å². The molecule has 102 valence electrons. The van der Waals surface area contributed by atoms with Crippen LogP contribution in [0.3, 0.4) is 0 Å². The summed E-state index contributed by atoms with van der Waals surface area (Å²) in [6.45, 7) is 5.58. The van der Waals surface area contributed by atoms with Crippen molar-refractivity contribution in [2.24, 2.45) is 5.92 Å². The molecule has 0 aromatic rings. The van der Waals surface area contributed by atoms with E-state index in [2.05, 4.69) is 19.2 Å². The van der Waals surface area contributed by atoms with E-state index in [9.17, 15) is 8.42 Å². The molecule has 0 saturated carbocycles. The van der Waals surface area contributed by atoms with Crippen LogP contribution in [0.4, 0.5) is 0 Å². The van der Waals surface area contributed by atoms with Gasteiger partial charge in [-0.25, -0.2) is 8.42 Å². The molecule has 4 heteroatoms. The van der Waals surface area contributed by atoms with Gasteiger partial charge in [-0.15, -0.1) is 0 Å². The topological polar surface area (TPSA) is 46.2 Å². The molecule has 0 aliphatic carbocycles. The quantitative estimate of drug-likeness (QED) is 0.826. The van der Waals surface area contributed by atoms with Crippen LogP contribution in [0.25, 0.3) is 0 Å². The molecule has 1 aliphatic heterocycles. The molecule has 3 nitrogen and oxygen atoms in total. The molecular formula is C13H27NO2S. The largest absolute Gasteiger partial charge is 0.311 e. The van der Waals surface area contributed by atoms with Gasteiger partial charge in [0.1, 0.15) is 9.84 Å². The highest BCUT2D eigenvalue weighted by molar-refractivity contribution is 7.90. The lowest BCUT2D eigenvalue weighted by Crippen LogP contribution is -2.49. The van der Waals surface area contributed by atoms with Crippen LogP contribution < -0.4 is 5.32 Å². The van der Waals surface area contributed by atoms with Gasteiger partial charge in [-0.2, -0.15) is 0 Å². The van der Waals surface area contributed by atoms with Crippen molar-refractivity contribution in [1.29, 1.82) is 0 Å². The summed E-state index contributed by atoms with van der Waals surface area (Å²) in [7, 11) is -2.81. The second-order valence-electron chi connectivity index (χ2n) is 5.78. The van der Waals surface area contributed by atoms with E-state index in [1.54, 1.807) is 0 Å². The van der Waals surface area contributed by atoms with Crippen LogP contribution in [0.2, 0.25) is 0 Å². The first kappa shape index (κ1) is 15.0. The second kappa shape index (κ2) is 6.19. The highest BCUT2D eigenvalue weighted by Crippen LogP contribution is 2.31. The lowest BCUT2D eigenvalue weighted by atomic mass is 9.79. The van der Waals surface area contributed by atoms with Crippen LogP contribution in [0.5, 0.6) is 0 Å². The maximum absolute atomic E-state index is 11.2. The monoisotopic (exact) mass is 261 g/mol. The molecule has 1 aliphatic rings. The first-order valence-corrected chi connectivity index (χ1v) is 8.84. The second-order valence-corrected chi connectivity index (χ2v) is 8.04. The van der Waals surface area contributed by atoms with Crippen molar-refractivity contribution in [3.05, 3.63) is 0 Å². The maximum atomic E-state index is 11.2. The molecule has 0 amide bonds. The van der Waals surface area contributed by atoms with Crippen molar-refractivity contribution in [3.63, 3.8) is 0 Å². The number of hydrogen-bond acceptors (Lipinski definition) is 3. The first-order valence-electron chi connectivity index (χ1n) is 6.78. The van der Waals surface area contributed by atoms with Crippen molar-refractivity contribution in [1.82, 2.24) is 5.32 Å². The van der Waals surface area contributed by atoms with E-state index in [1.165, 1.54) is 31.9 Å². The minimum absolute atomic E-state index is 0.168. The summed E-state index contributed by atoms with van der Waals surface area (Å²) in [4.78, 5) is 0. The van der Waals surface area contributed by atoms with Crippen LogP contribution in [-0.2, 0) is 9.84 Å². The van der Waals surface area contributed by atoms with Crippen LogP contribution >= 0.6 is 0 Å². The molecule has 0 radical (unpaired) electrons. The third-order valence-corrected chi connectivity index (χ3v) is 5.05. The Kier molecular flexibility index (Phi) is 5.45. The van der Waals surface area contributed by atoms with Gasteiger partial charge < -0.3 is 5.32 Å². The van der Waals surface area contributed by atoms with Crippen LogP contribution in [0, 0.1) is 5.92 Å². The van der Waals surface area contributed by atoms with E-state index < -0.39 is 9.84 Å². The zero-order valence-electron chi connectivity index (χ0n) is 11.5. The van der Waals surface area contributed by atoms with Crippen molar-refractivity contribution < 1.29 is 8.42 Å². The van der Waals surface area contributed by atoms with E-state index in [4.69, 9.17) is 0 Å². The molecule has 0 spiro atoms. The summed E-state index contributed by atoms with van der Waals surface area (Å²) in [5.41, 5.74) is 0.168. The fourth-order valence-electron chi connectivity index (χ4n) is 2.81. The average molecular weight is 261 g/mol. The number of hydrogen-bond donors (Lipinski definition) is 1. The standard InChI is InChI=1S/C13H27NO2S/c1-12(2)13(8-5-4-6-10-14-13)9-7-11-17(3,15)16/h12,14H,4-11H2,1-3H3. The predicted octanol–water partition coefficient (Wildman–Crippen LogP) is 2.37. The van der Waals surface area contributed by atoms with E-state index >= 15 is 0 Å². The Hall–Kier alpha value is -0.0900. The number of rotatable bonds is 5. The Morgan fingerprint density at radius 3 is 2.53 bits per heavy atom. The Morgan fingerprint density at radius 1 is 1.24 bits per heavy atom. The normalized spacial score (nSPS) is 27.1. The zero-order valence-corrected chi connectivity index (χ0v) is 12.3. The van der Waals surface area contributed by atoms with Crippen molar-refractivity contribution in [2.75, 3.05) is 18.6 Å². The molecule has 0 aromatic carbocycles. The van der Waals surface area contributed by atoms with Gasteiger partial charge in [0.25, 0.3) is 0 Å². The molecule has 1 N–H and O–H groups in total. The molecule has 17 heavy (non-hydrogen) atoms. The Balaban J connectivity index is 2.58. The van der Waals surface area contributed by atoms with Gasteiger partial charge in [0.05, 0.1) is 0 Å². The van der Waals surface area contributed by atoms with Crippen LogP contribution in [-0.4, -0.2) is 32.5 Å². The molecule has 1 fully saturated rings. The summed E-state index contributed by atoms with van der Waals surface area (Å²) in [5.74, 6) is 0.892. The number of sulfone groups is 1. The van der Waals surface area contributed by atoms with Crippen molar-refractivity contribution >= 4 is 9.84 Å². The van der Waals surface area contributed by atoms with Gasteiger partial charge in [-0.1, -0.05) is 26.7 Å². The molecule has 1 rings (SSSR count). The highest BCUT2D eigenvalue weighted by atomic mass is 32.2. The fourth-order valence-corrected chi connectivity index (χ4v) is 3.48. The molecule has 0 aromatic heterocycles. The Labute approximate surface area is 106 Å². The van der Waals surface area contributed by atoms with E-state index in [-0.39, 0.29) is 5.54 Å². The lowest BCUT2D eigenvalue weighted by molar-refractivity contribution is 0.209. The minimum Gasteiger partial charge on any atom is -0.311 e. The summed E-state index contributed by atoms with van der Waals surface area (Å²) < 4.78 is 22.4. The molecule has 0 bridgehead atoms. The minimum atomic E-state index is -2.81. The third kappa shape index (κ3) is 4.96. The van der Waals surface area contributed by atoms with E-state index in [1.807, 2.05) is 0 Å². The Morgan fingerprint density at radius 2 is 1.94 bits per heavy atom. The highest BCUT2D eigenvalue weighted by Gasteiger charge is 2.33. The fraction of sp³-hybridized carbons (Fsp3) is 1.00. The average Bonchev–Trinajstić information content (AvgIpc) is 2.42. The molecule has 1 heterocycles. The van der Waals surface area contributed by atoms with Gasteiger partial charge in [-0.3, -0.25) is 0 Å². The predicted molar refractivity (Wildman–Crippen MR) is 73.0 cm³/mol. The number of nitrogens with one attached hydrogen (secondary N) is 1. The summed E-state index contributed by atoms with van der Waals surface area (Å²) in [6.07, 6.45) is 8.10. The van der Waals surface area contributed by atoms with Gasteiger partial charge >= 0.3 is 0 Å². The van der Waals surface area contributed by atoms with Crippen molar-refractivity contribution in [3.8, 4) is 0 Å². The Bertz CT molecular complexity index is 314. The lowest BCUT2D eigenvalue weighted by Gasteiger charge is -2.38. The summed E-state index contributed by atoms with van der Waals surface area (Å²) >= 11 is 0. The van der Waals surface area contributed by atoms with Gasteiger partial charge in [0.2, 0.25) is 0 Å². The molecular weight excluding hydrogens is 234 g/mol. The van der Waals surface area contributed by atoms with Gasteiger partial charge in [0.15, 0.2) is 0 Å². The molecule has 1 saturated heterocycles. The summed E-state index contributed by atoms with van der Waals surface area (Å²) in [6, 6.07) is 0. The molecule has 1 unspecified atom stereocenters. The summed E-state index contributed by atoms with van der Waals surface area (Å²) in [5, 5.41) is 3.69.